The molecule has 0 bridgehead atoms. The van der Waals surface area contributed by atoms with Gasteiger partial charge < -0.3 is 5.32 Å². The van der Waals surface area contributed by atoms with Gasteiger partial charge in [0.15, 0.2) is 0 Å². The minimum atomic E-state index is -1.64. The average Bonchev–Trinajstić information content (AvgIpc) is 2.45. The largest absolute Gasteiger partial charge is 0.341 e. The van der Waals surface area contributed by atoms with Crippen molar-refractivity contribution in [2.24, 2.45) is 0 Å². The van der Waals surface area contributed by atoms with Crippen molar-refractivity contribution in [2.45, 2.75) is 16.8 Å². The van der Waals surface area contributed by atoms with Crippen LogP contribution in [-0.4, -0.2) is 9.70 Å². The molecule has 0 aliphatic heterocycles. The maximum Gasteiger partial charge on any atom is 0.251 e. The molecule has 2 aromatic rings. The van der Waals surface area contributed by atoms with E-state index in [-0.39, 0.29) is 5.91 Å². The molecule has 2 rings (SSSR count). The monoisotopic (exact) mass is 341 g/mol. The quantitative estimate of drug-likeness (QED) is 0.795. The van der Waals surface area contributed by atoms with Crippen LogP contribution in [0.3, 0.4) is 0 Å². The summed E-state index contributed by atoms with van der Waals surface area (Å²) in [5.74, 6) is -0.282. The van der Waals surface area contributed by atoms with E-state index in [0.717, 1.165) is 11.1 Å². The summed E-state index contributed by atoms with van der Waals surface area (Å²) in [6, 6.07) is 15.6. The van der Waals surface area contributed by atoms with Gasteiger partial charge in [0.25, 0.3) is 5.91 Å². The van der Waals surface area contributed by atoms with E-state index in [1.165, 1.54) is 0 Å². The lowest BCUT2D eigenvalue weighted by Gasteiger charge is -2.26. The molecule has 0 saturated carbocycles. The predicted molar refractivity (Wildman–Crippen MR) is 88.1 cm³/mol. The van der Waals surface area contributed by atoms with Gasteiger partial charge in [-0.1, -0.05) is 82.8 Å². The summed E-state index contributed by atoms with van der Waals surface area (Å²) in [6.07, 6.45) is 0. The van der Waals surface area contributed by atoms with E-state index in [4.69, 9.17) is 34.8 Å². The van der Waals surface area contributed by atoms with Gasteiger partial charge >= 0.3 is 0 Å². The fourth-order valence-corrected chi connectivity index (χ4v) is 2.46. The number of halogens is 3. The highest BCUT2D eigenvalue weighted by molar-refractivity contribution is 6.68. The van der Waals surface area contributed by atoms with Crippen molar-refractivity contribution < 1.29 is 4.79 Å². The number of hydrogen-bond acceptors (Lipinski definition) is 1. The zero-order valence-electron chi connectivity index (χ0n) is 11.3. The van der Waals surface area contributed by atoms with E-state index in [1.54, 1.807) is 12.1 Å². The first-order valence-electron chi connectivity index (χ1n) is 6.37. The van der Waals surface area contributed by atoms with E-state index in [1.807, 2.05) is 49.4 Å². The number of alkyl halides is 3. The average molecular weight is 343 g/mol. The third-order valence-electron chi connectivity index (χ3n) is 3.05. The molecule has 0 fully saturated rings. The van der Waals surface area contributed by atoms with Crippen LogP contribution < -0.4 is 5.32 Å². The fraction of sp³-hybridized carbons (Fsp3) is 0.188. The zero-order valence-corrected chi connectivity index (χ0v) is 13.6. The molecule has 1 amide bonds. The number of carbonyl (C=O) groups is 1. The second kappa shape index (κ2) is 6.69. The van der Waals surface area contributed by atoms with E-state index in [0.29, 0.717) is 5.56 Å². The van der Waals surface area contributed by atoms with Gasteiger partial charge in [0, 0.05) is 5.56 Å². The van der Waals surface area contributed by atoms with Crippen LogP contribution in [-0.2, 0) is 0 Å². The van der Waals surface area contributed by atoms with Crippen LogP contribution in [0.1, 0.15) is 27.5 Å². The van der Waals surface area contributed by atoms with Crippen molar-refractivity contribution in [2.75, 3.05) is 0 Å². The second-order valence-corrected chi connectivity index (χ2v) is 7.09. The molecule has 21 heavy (non-hydrogen) atoms. The van der Waals surface area contributed by atoms with Crippen LogP contribution in [0.5, 0.6) is 0 Å². The third kappa shape index (κ3) is 4.37. The van der Waals surface area contributed by atoms with Gasteiger partial charge in [-0.2, -0.15) is 0 Å². The lowest BCUT2D eigenvalue weighted by Crippen LogP contribution is -2.36. The van der Waals surface area contributed by atoms with E-state index < -0.39 is 9.83 Å². The Bertz CT molecular complexity index is 606. The molecular formula is C16H14Cl3NO. The summed E-state index contributed by atoms with van der Waals surface area (Å²) in [5, 5.41) is 2.77. The Hall–Kier alpha value is -1.22. The lowest BCUT2D eigenvalue weighted by molar-refractivity contribution is 0.0937. The van der Waals surface area contributed by atoms with E-state index >= 15 is 0 Å². The maximum absolute atomic E-state index is 12.3. The van der Waals surface area contributed by atoms with Gasteiger partial charge in [0.05, 0.1) is 0 Å². The van der Waals surface area contributed by atoms with Gasteiger partial charge in [-0.25, -0.2) is 0 Å². The van der Waals surface area contributed by atoms with Gasteiger partial charge in [0.1, 0.15) is 6.04 Å². The first-order valence-corrected chi connectivity index (χ1v) is 7.50. The summed E-state index contributed by atoms with van der Waals surface area (Å²) < 4.78 is -1.64. The van der Waals surface area contributed by atoms with Crippen LogP contribution in [0.15, 0.2) is 54.6 Å². The minimum absolute atomic E-state index is 0.282. The maximum atomic E-state index is 12.3. The molecule has 1 atom stereocenters. The van der Waals surface area contributed by atoms with Crippen molar-refractivity contribution >= 4 is 40.7 Å². The lowest BCUT2D eigenvalue weighted by atomic mass is 10.1. The van der Waals surface area contributed by atoms with Gasteiger partial charge in [-0.15, -0.1) is 0 Å². The number of amides is 1. The van der Waals surface area contributed by atoms with Crippen LogP contribution >= 0.6 is 34.8 Å². The molecule has 0 heterocycles. The summed E-state index contributed by atoms with van der Waals surface area (Å²) in [5.41, 5.74) is 2.33. The third-order valence-corrected chi connectivity index (χ3v) is 3.70. The van der Waals surface area contributed by atoms with Gasteiger partial charge in [-0.05, 0) is 24.6 Å². The molecule has 0 spiro atoms. The zero-order chi connectivity index (χ0) is 15.5. The van der Waals surface area contributed by atoms with Crippen molar-refractivity contribution in [3.8, 4) is 0 Å². The molecule has 2 aromatic carbocycles. The summed E-state index contributed by atoms with van der Waals surface area (Å²) in [7, 11) is 0. The van der Waals surface area contributed by atoms with Crippen molar-refractivity contribution in [1.29, 1.82) is 0 Å². The highest BCUT2D eigenvalue weighted by Gasteiger charge is 2.35. The molecule has 1 unspecified atom stereocenters. The predicted octanol–water partition coefficient (Wildman–Crippen LogP) is 4.84. The smallest absolute Gasteiger partial charge is 0.251 e. The van der Waals surface area contributed by atoms with Crippen molar-refractivity contribution in [3.63, 3.8) is 0 Å². The molecule has 5 heteroatoms. The number of aryl methyl sites for hydroxylation is 1. The number of hydrogen-bond donors (Lipinski definition) is 1. The highest BCUT2D eigenvalue weighted by atomic mass is 35.6. The first kappa shape index (κ1) is 16.2. The van der Waals surface area contributed by atoms with Gasteiger partial charge in [0.2, 0.25) is 3.79 Å². The molecule has 0 aliphatic rings. The number of nitrogens with one attached hydrogen (secondary N) is 1. The van der Waals surface area contributed by atoms with Crippen LogP contribution in [0.4, 0.5) is 0 Å². The Balaban J connectivity index is 2.24. The summed E-state index contributed by atoms with van der Waals surface area (Å²) in [4.78, 5) is 12.3. The Morgan fingerprint density at radius 1 is 1.00 bits per heavy atom. The molecule has 0 saturated heterocycles. The molecule has 2 nitrogen and oxygen atoms in total. The molecule has 0 radical (unpaired) electrons. The SMILES string of the molecule is Cc1ccc(C(=O)NC(c2ccccc2)C(Cl)(Cl)Cl)cc1. The Kier molecular flexibility index (Phi) is 5.15. The summed E-state index contributed by atoms with van der Waals surface area (Å²) >= 11 is 18.0. The topological polar surface area (TPSA) is 29.1 Å². The van der Waals surface area contributed by atoms with E-state index in [9.17, 15) is 4.79 Å². The van der Waals surface area contributed by atoms with Crippen molar-refractivity contribution in [1.82, 2.24) is 5.32 Å². The van der Waals surface area contributed by atoms with Crippen LogP contribution in [0.2, 0.25) is 0 Å². The molecule has 0 aliphatic carbocycles. The van der Waals surface area contributed by atoms with E-state index in [2.05, 4.69) is 5.32 Å². The Morgan fingerprint density at radius 3 is 2.10 bits per heavy atom. The number of benzene rings is 2. The Labute approximate surface area is 139 Å². The van der Waals surface area contributed by atoms with Crippen LogP contribution in [0, 0.1) is 6.92 Å². The molecule has 110 valence electrons. The first-order chi connectivity index (χ1) is 9.88. The second-order valence-electron chi connectivity index (χ2n) is 4.72. The highest BCUT2D eigenvalue weighted by Crippen LogP contribution is 2.39. The summed E-state index contributed by atoms with van der Waals surface area (Å²) in [6.45, 7) is 1.95. The van der Waals surface area contributed by atoms with Crippen molar-refractivity contribution in [3.05, 3.63) is 71.3 Å². The minimum Gasteiger partial charge on any atom is -0.341 e. The molecule has 1 N–H and O–H groups in total. The molecule has 0 aromatic heterocycles. The normalized spacial score (nSPS) is 12.8. The van der Waals surface area contributed by atoms with Gasteiger partial charge in [-0.3, -0.25) is 4.79 Å². The number of carbonyl (C=O) groups excluding carboxylic acids is 1. The fourth-order valence-electron chi connectivity index (χ4n) is 1.92. The van der Waals surface area contributed by atoms with Crippen LogP contribution in [0.25, 0.3) is 0 Å². The standard InChI is InChI=1S/C16H14Cl3NO/c1-11-7-9-13(10-8-11)15(21)20-14(16(17,18)19)12-5-3-2-4-6-12/h2-10,14H,1H3,(H,20,21). The number of rotatable bonds is 3. The Morgan fingerprint density at radius 2 is 1.57 bits per heavy atom. The molecular weight excluding hydrogens is 329 g/mol.